The number of ether oxygens (including phenoxy) is 1. The first-order valence-electron chi connectivity index (χ1n) is 4.43. The third-order valence-corrected chi connectivity index (χ3v) is 2.57. The van der Waals surface area contributed by atoms with Crippen LogP contribution in [0.25, 0.3) is 0 Å². The van der Waals surface area contributed by atoms with Gasteiger partial charge in [-0.05, 0) is 13.8 Å². The molecule has 1 atom stereocenters. The van der Waals surface area contributed by atoms with E-state index < -0.39 is 5.38 Å². The molecule has 4 heteroatoms. The normalized spacial score (nSPS) is 25.1. The molecule has 1 saturated heterocycles. The van der Waals surface area contributed by atoms with Crippen LogP contribution in [-0.2, 0) is 4.74 Å². The second-order valence-corrected chi connectivity index (χ2v) is 4.43. The highest BCUT2D eigenvalue weighted by atomic mass is 35.5. The van der Waals surface area contributed by atoms with Crippen molar-refractivity contribution in [1.82, 2.24) is 4.90 Å². The topological polar surface area (TPSA) is 36.3 Å². The molecule has 0 bridgehead atoms. The van der Waals surface area contributed by atoms with Crippen LogP contribution in [0.5, 0.6) is 0 Å². The molecule has 1 fully saturated rings. The average Bonchev–Trinajstić information content (AvgIpc) is 2.08. The van der Waals surface area contributed by atoms with Gasteiger partial charge in [0.05, 0.1) is 19.3 Å². The molecule has 74 valence electrons. The van der Waals surface area contributed by atoms with E-state index in [1.54, 1.807) is 0 Å². The van der Waals surface area contributed by atoms with Gasteiger partial charge in [-0.25, -0.2) is 0 Å². The Bertz CT molecular complexity index is 212. The maximum Gasteiger partial charge on any atom is 0.133 e. The number of halogens is 1. The van der Waals surface area contributed by atoms with E-state index in [0.717, 1.165) is 13.2 Å². The highest BCUT2D eigenvalue weighted by molar-refractivity contribution is 6.22. The molecule has 0 saturated carbocycles. The second kappa shape index (κ2) is 4.28. The molecule has 1 unspecified atom stereocenters. The van der Waals surface area contributed by atoms with Gasteiger partial charge in [0.15, 0.2) is 0 Å². The van der Waals surface area contributed by atoms with Gasteiger partial charge < -0.3 is 4.74 Å². The quantitative estimate of drug-likeness (QED) is 0.632. The summed E-state index contributed by atoms with van der Waals surface area (Å²) in [5.74, 6) is 0. The molecule has 3 nitrogen and oxygen atoms in total. The van der Waals surface area contributed by atoms with Crippen molar-refractivity contribution < 1.29 is 4.74 Å². The molecular formula is C9H15ClN2O. The lowest BCUT2D eigenvalue weighted by molar-refractivity contribution is -0.0493. The summed E-state index contributed by atoms with van der Waals surface area (Å²) in [4.78, 5) is 2.21. The number of nitriles is 1. The van der Waals surface area contributed by atoms with Gasteiger partial charge in [0.1, 0.15) is 5.38 Å². The number of hydrogen-bond acceptors (Lipinski definition) is 3. The maximum atomic E-state index is 8.60. The molecule has 0 radical (unpaired) electrons. The fourth-order valence-electron chi connectivity index (χ4n) is 1.46. The Kier molecular flexibility index (Phi) is 3.55. The van der Waals surface area contributed by atoms with E-state index in [-0.39, 0.29) is 5.54 Å². The van der Waals surface area contributed by atoms with Crippen LogP contribution in [0.3, 0.4) is 0 Å². The number of rotatable bonds is 2. The van der Waals surface area contributed by atoms with E-state index >= 15 is 0 Å². The zero-order chi connectivity index (χ0) is 9.90. The SMILES string of the molecule is CC1(C)COCCN1CC(Cl)C#N. The minimum absolute atomic E-state index is 0.00222. The summed E-state index contributed by atoms with van der Waals surface area (Å²) in [7, 11) is 0. The summed E-state index contributed by atoms with van der Waals surface area (Å²) in [5, 5.41) is 8.18. The molecule has 0 N–H and O–H groups in total. The van der Waals surface area contributed by atoms with Crippen LogP contribution in [0.4, 0.5) is 0 Å². The zero-order valence-electron chi connectivity index (χ0n) is 8.09. The summed E-state index contributed by atoms with van der Waals surface area (Å²) in [6.45, 7) is 7.13. The van der Waals surface area contributed by atoms with Gasteiger partial charge in [0.25, 0.3) is 0 Å². The van der Waals surface area contributed by atoms with Gasteiger partial charge in [0, 0.05) is 18.6 Å². The summed E-state index contributed by atoms with van der Waals surface area (Å²) < 4.78 is 5.36. The van der Waals surface area contributed by atoms with Crippen molar-refractivity contribution in [2.45, 2.75) is 24.8 Å². The van der Waals surface area contributed by atoms with Gasteiger partial charge >= 0.3 is 0 Å². The first-order chi connectivity index (χ1) is 6.06. The van der Waals surface area contributed by atoms with Crippen molar-refractivity contribution in [1.29, 1.82) is 5.26 Å². The number of hydrogen-bond donors (Lipinski definition) is 0. The molecule has 13 heavy (non-hydrogen) atoms. The van der Waals surface area contributed by atoms with Crippen LogP contribution in [0.15, 0.2) is 0 Å². The summed E-state index contributed by atoms with van der Waals surface area (Å²) in [5.41, 5.74) is 0.00222. The van der Waals surface area contributed by atoms with Crippen molar-refractivity contribution in [2.75, 3.05) is 26.3 Å². The highest BCUT2D eigenvalue weighted by Gasteiger charge is 2.31. The van der Waals surface area contributed by atoms with Crippen molar-refractivity contribution >= 4 is 11.6 Å². The van der Waals surface area contributed by atoms with Crippen LogP contribution in [0.1, 0.15) is 13.8 Å². The van der Waals surface area contributed by atoms with E-state index in [9.17, 15) is 0 Å². The van der Waals surface area contributed by atoms with Gasteiger partial charge in [-0.1, -0.05) is 0 Å². The molecule has 0 amide bonds. The van der Waals surface area contributed by atoms with Crippen molar-refractivity contribution in [3.8, 4) is 6.07 Å². The van der Waals surface area contributed by atoms with Crippen LogP contribution >= 0.6 is 11.6 Å². The Morgan fingerprint density at radius 1 is 1.69 bits per heavy atom. The Balaban J connectivity index is 2.52. The van der Waals surface area contributed by atoms with Crippen LogP contribution < -0.4 is 0 Å². The van der Waals surface area contributed by atoms with Crippen molar-refractivity contribution in [2.24, 2.45) is 0 Å². The highest BCUT2D eigenvalue weighted by Crippen LogP contribution is 2.19. The van der Waals surface area contributed by atoms with E-state index in [4.69, 9.17) is 21.6 Å². The predicted octanol–water partition coefficient (Wildman–Crippen LogP) is 1.23. The largest absolute Gasteiger partial charge is 0.378 e. The van der Waals surface area contributed by atoms with Crippen LogP contribution in [0, 0.1) is 11.3 Å². The van der Waals surface area contributed by atoms with E-state index in [1.165, 1.54) is 0 Å². The first kappa shape index (κ1) is 10.8. The lowest BCUT2D eigenvalue weighted by atomic mass is 10.0. The minimum atomic E-state index is -0.419. The molecule has 0 spiro atoms. The van der Waals surface area contributed by atoms with E-state index in [0.29, 0.717) is 13.2 Å². The number of morpholine rings is 1. The monoisotopic (exact) mass is 202 g/mol. The summed E-state index contributed by atoms with van der Waals surface area (Å²) in [6.07, 6.45) is 0. The molecule has 0 aromatic carbocycles. The first-order valence-corrected chi connectivity index (χ1v) is 4.86. The molecule has 1 heterocycles. The third kappa shape index (κ3) is 2.84. The van der Waals surface area contributed by atoms with Crippen molar-refractivity contribution in [3.05, 3.63) is 0 Å². The standard InChI is InChI=1S/C9H15ClN2O/c1-9(2)7-13-4-3-12(9)6-8(10)5-11/h8H,3-4,6-7H2,1-2H3. The smallest absolute Gasteiger partial charge is 0.133 e. The number of alkyl halides is 1. The molecular weight excluding hydrogens is 188 g/mol. The Morgan fingerprint density at radius 2 is 2.38 bits per heavy atom. The lowest BCUT2D eigenvalue weighted by Crippen LogP contribution is -2.54. The van der Waals surface area contributed by atoms with Crippen LogP contribution in [-0.4, -0.2) is 42.1 Å². The molecule has 1 aliphatic rings. The number of nitrogens with zero attached hydrogens (tertiary/aromatic N) is 2. The van der Waals surface area contributed by atoms with Crippen LogP contribution in [0.2, 0.25) is 0 Å². The zero-order valence-corrected chi connectivity index (χ0v) is 8.84. The van der Waals surface area contributed by atoms with E-state index in [2.05, 4.69) is 18.7 Å². The lowest BCUT2D eigenvalue weighted by Gasteiger charge is -2.42. The Labute approximate surface area is 84.2 Å². The van der Waals surface area contributed by atoms with E-state index in [1.807, 2.05) is 6.07 Å². The molecule has 0 aliphatic carbocycles. The Morgan fingerprint density at radius 3 is 2.92 bits per heavy atom. The summed E-state index contributed by atoms with van der Waals surface area (Å²) >= 11 is 5.78. The van der Waals surface area contributed by atoms with Crippen molar-refractivity contribution in [3.63, 3.8) is 0 Å². The minimum Gasteiger partial charge on any atom is -0.378 e. The Hall–Kier alpha value is -0.300. The predicted molar refractivity (Wildman–Crippen MR) is 51.7 cm³/mol. The molecule has 0 aromatic rings. The van der Waals surface area contributed by atoms with Gasteiger partial charge in [-0.3, -0.25) is 4.90 Å². The fraction of sp³-hybridized carbons (Fsp3) is 0.889. The molecule has 1 rings (SSSR count). The summed E-state index contributed by atoms with van der Waals surface area (Å²) in [6, 6.07) is 2.03. The fourth-order valence-corrected chi connectivity index (χ4v) is 1.63. The molecule has 1 aliphatic heterocycles. The van der Waals surface area contributed by atoms with Gasteiger partial charge in [0.2, 0.25) is 0 Å². The average molecular weight is 203 g/mol. The third-order valence-electron chi connectivity index (χ3n) is 2.34. The van der Waals surface area contributed by atoms with Gasteiger partial charge in [-0.15, -0.1) is 11.6 Å². The maximum absolute atomic E-state index is 8.60. The second-order valence-electron chi connectivity index (χ2n) is 3.91. The van der Waals surface area contributed by atoms with Gasteiger partial charge in [-0.2, -0.15) is 5.26 Å². The molecule has 0 aromatic heterocycles.